The van der Waals surface area contributed by atoms with Gasteiger partial charge in [-0.05, 0) is 33.6 Å². The summed E-state index contributed by atoms with van der Waals surface area (Å²) in [4.78, 5) is 2.57. The van der Waals surface area contributed by atoms with Gasteiger partial charge < -0.3 is 5.73 Å². The minimum Gasteiger partial charge on any atom is -0.329 e. The second-order valence-corrected chi connectivity index (χ2v) is 4.16. The molecule has 1 rings (SSSR count). The number of likely N-dealkylation sites (tertiary alicyclic amines) is 1. The lowest BCUT2D eigenvalue weighted by molar-refractivity contribution is 0.0663. The molecule has 0 saturated carbocycles. The van der Waals surface area contributed by atoms with Crippen LogP contribution >= 0.6 is 0 Å². The number of hydrogen-bond donors (Lipinski definition) is 1. The normalized spacial score (nSPS) is 35.0. The maximum atomic E-state index is 5.69. The van der Waals surface area contributed by atoms with E-state index in [1.165, 1.54) is 19.3 Å². The third-order valence-corrected chi connectivity index (χ3v) is 3.11. The second kappa shape index (κ2) is 4.24. The summed E-state index contributed by atoms with van der Waals surface area (Å²) in [5.74, 6) is 0. The van der Waals surface area contributed by atoms with E-state index in [1.807, 2.05) is 0 Å². The van der Waals surface area contributed by atoms with E-state index < -0.39 is 0 Å². The summed E-state index contributed by atoms with van der Waals surface area (Å²) >= 11 is 0. The lowest BCUT2D eigenvalue weighted by atomic mass is 9.95. The zero-order valence-electron chi connectivity index (χ0n) is 8.59. The first-order chi connectivity index (χ1) is 5.66. The van der Waals surface area contributed by atoms with Gasteiger partial charge in [0.15, 0.2) is 0 Å². The molecule has 1 aliphatic rings. The predicted octanol–water partition coefficient (Wildman–Crippen LogP) is 1.60. The molecule has 1 saturated heterocycles. The molecule has 1 unspecified atom stereocenters. The Morgan fingerprint density at radius 1 is 1.33 bits per heavy atom. The molecule has 12 heavy (non-hydrogen) atoms. The summed E-state index contributed by atoms with van der Waals surface area (Å²) in [7, 11) is 0. The van der Waals surface area contributed by atoms with Crippen LogP contribution in [0.1, 0.15) is 40.0 Å². The van der Waals surface area contributed by atoms with Gasteiger partial charge in [-0.15, -0.1) is 0 Å². The molecule has 0 aromatic rings. The molecule has 1 aliphatic heterocycles. The van der Waals surface area contributed by atoms with Gasteiger partial charge in [0.1, 0.15) is 0 Å². The lowest BCUT2D eigenvalue weighted by Crippen LogP contribution is -2.51. The van der Waals surface area contributed by atoms with Crippen LogP contribution < -0.4 is 5.73 Å². The summed E-state index contributed by atoms with van der Waals surface area (Å²) in [6, 6.07) is 2.01. The van der Waals surface area contributed by atoms with Crippen molar-refractivity contribution in [1.82, 2.24) is 4.90 Å². The fourth-order valence-electron chi connectivity index (χ4n) is 2.43. The summed E-state index contributed by atoms with van der Waals surface area (Å²) in [6.45, 7) is 7.66. The molecule has 1 heterocycles. The fourth-order valence-corrected chi connectivity index (χ4v) is 2.43. The van der Waals surface area contributed by atoms with Crippen LogP contribution in [0.15, 0.2) is 0 Å². The smallest absolute Gasteiger partial charge is 0.0195 e. The monoisotopic (exact) mass is 170 g/mol. The molecular weight excluding hydrogens is 148 g/mol. The van der Waals surface area contributed by atoms with E-state index in [0.29, 0.717) is 6.04 Å². The van der Waals surface area contributed by atoms with Gasteiger partial charge in [-0.2, -0.15) is 0 Å². The van der Waals surface area contributed by atoms with Gasteiger partial charge in [-0.1, -0.05) is 6.42 Å². The number of nitrogens with zero attached hydrogens (tertiary/aromatic N) is 1. The van der Waals surface area contributed by atoms with Crippen LogP contribution in [0.2, 0.25) is 0 Å². The minimum atomic E-state index is 0.551. The van der Waals surface area contributed by atoms with Crippen molar-refractivity contribution in [3.05, 3.63) is 0 Å². The van der Waals surface area contributed by atoms with Crippen LogP contribution in [-0.2, 0) is 0 Å². The summed E-state index contributed by atoms with van der Waals surface area (Å²) < 4.78 is 0. The highest BCUT2D eigenvalue weighted by molar-refractivity contribution is 4.83. The topological polar surface area (TPSA) is 29.3 Å². The Morgan fingerprint density at radius 2 is 1.83 bits per heavy atom. The molecule has 0 aliphatic carbocycles. The maximum absolute atomic E-state index is 5.69. The van der Waals surface area contributed by atoms with Crippen LogP contribution in [0, 0.1) is 0 Å². The quantitative estimate of drug-likeness (QED) is 0.682. The van der Waals surface area contributed by atoms with Gasteiger partial charge in [0.25, 0.3) is 0 Å². The van der Waals surface area contributed by atoms with Crippen molar-refractivity contribution in [2.45, 2.75) is 58.2 Å². The first-order valence-corrected chi connectivity index (χ1v) is 5.14. The van der Waals surface area contributed by atoms with Gasteiger partial charge in [0.05, 0.1) is 0 Å². The molecule has 0 spiro atoms. The highest BCUT2D eigenvalue weighted by atomic mass is 15.2. The Labute approximate surface area is 76.1 Å². The molecule has 2 heteroatoms. The fraction of sp³-hybridized carbons (Fsp3) is 1.00. The molecule has 0 aromatic heterocycles. The summed E-state index contributed by atoms with van der Waals surface area (Å²) in [5.41, 5.74) is 5.69. The average Bonchev–Trinajstić information content (AvgIpc) is 2.03. The molecule has 1 fully saturated rings. The molecule has 2 N–H and O–H groups in total. The predicted molar refractivity (Wildman–Crippen MR) is 53.1 cm³/mol. The Kier molecular flexibility index (Phi) is 3.53. The van der Waals surface area contributed by atoms with Crippen molar-refractivity contribution >= 4 is 0 Å². The molecule has 0 bridgehead atoms. The standard InChI is InChI=1S/C10H22N2/c1-8-5-4-6-9(2)12(8)10(3)7-11/h8-10H,4-7,11H2,1-3H3/t8-,9+,10?. The average molecular weight is 170 g/mol. The zero-order chi connectivity index (χ0) is 9.14. The van der Waals surface area contributed by atoms with Gasteiger partial charge in [-0.25, -0.2) is 0 Å². The molecule has 72 valence electrons. The van der Waals surface area contributed by atoms with Crippen LogP contribution in [0.25, 0.3) is 0 Å². The Hall–Kier alpha value is -0.0800. The molecular formula is C10H22N2. The van der Waals surface area contributed by atoms with Crippen molar-refractivity contribution in [1.29, 1.82) is 0 Å². The highest BCUT2D eigenvalue weighted by Crippen LogP contribution is 2.24. The Balaban J connectivity index is 2.56. The first-order valence-electron chi connectivity index (χ1n) is 5.14. The SMILES string of the molecule is CC(CN)N1[C@H](C)CCC[C@@H]1C. The van der Waals surface area contributed by atoms with E-state index in [2.05, 4.69) is 25.7 Å². The van der Waals surface area contributed by atoms with Crippen LogP contribution in [0.4, 0.5) is 0 Å². The van der Waals surface area contributed by atoms with E-state index >= 15 is 0 Å². The van der Waals surface area contributed by atoms with Crippen LogP contribution in [0.3, 0.4) is 0 Å². The summed E-state index contributed by atoms with van der Waals surface area (Å²) in [5, 5.41) is 0. The van der Waals surface area contributed by atoms with Gasteiger partial charge in [0, 0.05) is 24.7 Å². The molecule has 0 aromatic carbocycles. The van der Waals surface area contributed by atoms with Crippen molar-refractivity contribution in [3.8, 4) is 0 Å². The van der Waals surface area contributed by atoms with Crippen molar-refractivity contribution < 1.29 is 0 Å². The van der Waals surface area contributed by atoms with Gasteiger partial charge in [0.2, 0.25) is 0 Å². The number of piperidine rings is 1. The van der Waals surface area contributed by atoms with Crippen LogP contribution in [0.5, 0.6) is 0 Å². The van der Waals surface area contributed by atoms with Crippen LogP contribution in [-0.4, -0.2) is 29.6 Å². The largest absolute Gasteiger partial charge is 0.329 e. The van der Waals surface area contributed by atoms with E-state index in [9.17, 15) is 0 Å². The summed E-state index contributed by atoms with van der Waals surface area (Å²) in [6.07, 6.45) is 4.07. The Morgan fingerprint density at radius 3 is 2.25 bits per heavy atom. The van der Waals surface area contributed by atoms with Crippen molar-refractivity contribution in [2.75, 3.05) is 6.54 Å². The molecule has 0 amide bonds. The number of hydrogen-bond acceptors (Lipinski definition) is 2. The number of rotatable bonds is 2. The highest BCUT2D eigenvalue weighted by Gasteiger charge is 2.27. The van der Waals surface area contributed by atoms with Crippen molar-refractivity contribution in [2.24, 2.45) is 5.73 Å². The molecule has 3 atom stereocenters. The molecule has 2 nitrogen and oxygen atoms in total. The van der Waals surface area contributed by atoms with E-state index in [1.54, 1.807) is 0 Å². The first kappa shape index (κ1) is 10.0. The van der Waals surface area contributed by atoms with Gasteiger partial charge >= 0.3 is 0 Å². The van der Waals surface area contributed by atoms with E-state index in [0.717, 1.165) is 18.6 Å². The van der Waals surface area contributed by atoms with E-state index in [-0.39, 0.29) is 0 Å². The van der Waals surface area contributed by atoms with Crippen molar-refractivity contribution in [3.63, 3.8) is 0 Å². The lowest BCUT2D eigenvalue weighted by Gasteiger charge is -2.42. The third kappa shape index (κ3) is 1.99. The van der Waals surface area contributed by atoms with E-state index in [4.69, 9.17) is 5.73 Å². The zero-order valence-corrected chi connectivity index (χ0v) is 8.59. The Bertz CT molecular complexity index is 120. The number of nitrogens with two attached hydrogens (primary N) is 1. The van der Waals surface area contributed by atoms with Gasteiger partial charge in [-0.3, -0.25) is 4.90 Å². The minimum absolute atomic E-state index is 0.551. The maximum Gasteiger partial charge on any atom is 0.0195 e. The second-order valence-electron chi connectivity index (χ2n) is 4.16. The third-order valence-electron chi connectivity index (χ3n) is 3.11. The molecule has 0 radical (unpaired) electrons.